The van der Waals surface area contributed by atoms with Crippen LogP contribution in [0.25, 0.3) is 11.0 Å². The summed E-state index contributed by atoms with van der Waals surface area (Å²) in [6.07, 6.45) is 3.25. The monoisotopic (exact) mass is 320 g/mol. The summed E-state index contributed by atoms with van der Waals surface area (Å²) in [5, 5.41) is 0. The second-order valence-corrected chi connectivity index (χ2v) is 5.05. The van der Waals surface area contributed by atoms with Crippen molar-refractivity contribution in [3.8, 4) is 0 Å². The van der Waals surface area contributed by atoms with Gasteiger partial charge in [-0.2, -0.15) is 0 Å². The zero-order valence-corrected chi connectivity index (χ0v) is 11.2. The summed E-state index contributed by atoms with van der Waals surface area (Å²) < 4.78 is 5.04. The first-order chi connectivity index (χ1) is 9.15. The van der Waals surface area contributed by atoms with Gasteiger partial charge < -0.3 is 14.4 Å². The van der Waals surface area contributed by atoms with Crippen LogP contribution < -0.4 is 11.1 Å². The number of benzene rings is 1. The lowest BCUT2D eigenvalue weighted by Gasteiger charge is -2.08. The van der Waals surface area contributed by atoms with Gasteiger partial charge in [0, 0.05) is 5.56 Å². The second kappa shape index (κ2) is 4.55. The van der Waals surface area contributed by atoms with Crippen molar-refractivity contribution in [2.45, 2.75) is 4.83 Å². The van der Waals surface area contributed by atoms with E-state index in [4.69, 9.17) is 4.42 Å². The Labute approximate surface area is 115 Å². The van der Waals surface area contributed by atoms with Gasteiger partial charge in [-0.05, 0) is 23.8 Å². The molecule has 0 aliphatic rings. The Bertz CT molecular complexity index is 833. The third kappa shape index (κ3) is 2.15. The Morgan fingerprint density at radius 3 is 2.42 bits per heavy atom. The molecule has 19 heavy (non-hydrogen) atoms. The van der Waals surface area contributed by atoms with Crippen LogP contribution in [0.5, 0.6) is 0 Å². The van der Waals surface area contributed by atoms with Crippen molar-refractivity contribution in [3.63, 3.8) is 0 Å². The second-order valence-electron chi connectivity index (χ2n) is 4.13. The van der Waals surface area contributed by atoms with Gasteiger partial charge in [0.1, 0.15) is 0 Å². The highest BCUT2D eigenvalue weighted by molar-refractivity contribution is 9.09. The Morgan fingerprint density at radius 1 is 1.00 bits per heavy atom. The lowest BCUT2D eigenvalue weighted by atomic mass is 10.1. The van der Waals surface area contributed by atoms with Gasteiger partial charge in [0.15, 0.2) is 0 Å². The molecule has 1 atom stereocenters. The van der Waals surface area contributed by atoms with Crippen molar-refractivity contribution in [2.24, 2.45) is 0 Å². The van der Waals surface area contributed by atoms with Crippen molar-refractivity contribution in [1.29, 1.82) is 0 Å². The highest BCUT2D eigenvalue weighted by Gasteiger charge is 2.12. The highest BCUT2D eigenvalue weighted by atomic mass is 79.9. The van der Waals surface area contributed by atoms with E-state index in [2.05, 4.69) is 25.9 Å². The third-order valence-electron chi connectivity index (χ3n) is 2.87. The minimum Gasteiger partial charge on any atom is -0.472 e. The first-order valence-corrected chi connectivity index (χ1v) is 6.49. The van der Waals surface area contributed by atoms with E-state index in [1.807, 2.05) is 18.2 Å². The van der Waals surface area contributed by atoms with Crippen LogP contribution in [0.4, 0.5) is 0 Å². The maximum atomic E-state index is 11.3. The van der Waals surface area contributed by atoms with E-state index in [0.717, 1.165) is 11.1 Å². The van der Waals surface area contributed by atoms with Crippen LogP contribution >= 0.6 is 15.9 Å². The van der Waals surface area contributed by atoms with E-state index >= 15 is 0 Å². The topological polar surface area (TPSA) is 78.9 Å². The first kappa shape index (κ1) is 12.0. The van der Waals surface area contributed by atoms with Crippen molar-refractivity contribution in [3.05, 3.63) is 68.6 Å². The van der Waals surface area contributed by atoms with Crippen LogP contribution in [0, 0.1) is 0 Å². The Kier molecular flexibility index (Phi) is 2.87. The quantitative estimate of drug-likeness (QED) is 0.561. The molecular formula is C13H9BrN2O3. The molecule has 0 saturated carbocycles. The molecule has 0 radical (unpaired) electrons. The first-order valence-electron chi connectivity index (χ1n) is 5.57. The van der Waals surface area contributed by atoms with E-state index in [0.29, 0.717) is 11.0 Å². The number of aromatic amines is 2. The number of rotatable bonds is 2. The zero-order valence-electron chi connectivity index (χ0n) is 9.64. The molecule has 0 aliphatic heterocycles. The molecule has 2 aromatic heterocycles. The number of H-pyrrole nitrogens is 2. The van der Waals surface area contributed by atoms with Gasteiger partial charge in [-0.1, -0.05) is 22.0 Å². The fourth-order valence-corrected chi connectivity index (χ4v) is 2.45. The number of furan rings is 1. The van der Waals surface area contributed by atoms with Crippen molar-refractivity contribution in [1.82, 2.24) is 9.97 Å². The summed E-state index contributed by atoms with van der Waals surface area (Å²) in [7, 11) is 0. The van der Waals surface area contributed by atoms with Crippen molar-refractivity contribution >= 4 is 27.0 Å². The Morgan fingerprint density at radius 2 is 1.74 bits per heavy atom. The fraction of sp³-hybridized carbons (Fsp3) is 0.0769. The van der Waals surface area contributed by atoms with Crippen LogP contribution in [-0.2, 0) is 0 Å². The maximum absolute atomic E-state index is 11.3. The number of hydrogen-bond acceptors (Lipinski definition) is 3. The van der Waals surface area contributed by atoms with Gasteiger partial charge in [-0.3, -0.25) is 9.59 Å². The minimum atomic E-state index is -0.654. The molecule has 0 spiro atoms. The number of fused-ring (bicyclic) bond motifs is 1. The maximum Gasteiger partial charge on any atom is 0.314 e. The lowest BCUT2D eigenvalue weighted by Crippen LogP contribution is -2.28. The molecule has 96 valence electrons. The van der Waals surface area contributed by atoms with Gasteiger partial charge in [-0.15, -0.1) is 0 Å². The van der Waals surface area contributed by atoms with Crippen molar-refractivity contribution < 1.29 is 4.42 Å². The molecule has 3 aromatic rings. The Balaban J connectivity index is 2.14. The van der Waals surface area contributed by atoms with Gasteiger partial charge in [0.2, 0.25) is 0 Å². The zero-order chi connectivity index (χ0) is 13.4. The van der Waals surface area contributed by atoms with E-state index in [1.165, 1.54) is 0 Å². The highest BCUT2D eigenvalue weighted by Crippen LogP contribution is 2.31. The average molecular weight is 321 g/mol. The number of nitrogens with one attached hydrogen (secondary N) is 2. The lowest BCUT2D eigenvalue weighted by molar-refractivity contribution is 0.564. The SMILES string of the molecule is O=c1[nH]c2ccc(C(Br)c3ccoc3)cc2[nH]c1=O. The molecule has 0 fully saturated rings. The number of hydrogen-bond donors (Lipinski definition) is 2. The molecule has 2 N–H and O–H groups in total. The summed E-state index contributed by atoms with van der Waals surface area (Å²) in [5.41, 5.74) is 1.82. The van der Waals surface area contributed by atoms with Crippen LogP contribution in [0.3, 0.4) is 0 Å². The standard InChI is InChI=1S/C13H9BrN2O3/c14-11(8-3-4-19-6-8)7-1-2-9-10(5-7)16-13(18)12(17)15-9/h1-6,11H,(H,15,17)(H,16,18). The summed E-state index contributed by atoms with van der Waals surface area (Å²) in [5.74, 6) is 0. The summed E-state index contributed by atoms with van der Waals surface area (Å²) in [6, 6.07) is 7.32. The molecule has 3 rings (SSSR count). The predicted octanol–water partition coefficient (Wildman–Crippen LogP) is 2.29. The smallest absolute Gasteiger partial charge is 0.314 e. The van der Waals surface area contributed by atoms with Crippen LogP contribution in [-0.4, -0.2) is 9.97 Å². The van der Waals surface area contributed by atoms with E-state index in [1.54, 1.807) is 18.6 Å². The summed E-state index contributed by atoms with van der Waals surface area (Å²) >= 11 is 3.57. The molecule has 2 heterocycles. The largest absolute Gasteiger partial charge is 0.472 e. The molecule has 6 heteroatoms. The molecule has 0 bridgehead atoms. The number of halogens is 1. The minimum absolute atomic E-state index is 0.0360. The molecule has 5 nitrogen and oxygen atoms in total. The summed E-state index contributed by atoms with van der Waals surface area (Å²) in [6.45, 7) is 0. The molecule has 1 aromatic carbocycles. The normalized spacial score (nSPS) is 12.7. The fourth-order valence-electron chi connectivity index (χ4n) is 1.90. The van der Waals surface area contributed by atoms with Gasteiger partial charge >= 0.3 is 11.1 Å². The Hall–Kier alpha value is -2.08. The van der Waals surface area contributed by atoms with Crippen LogP contribution in [0.2, 0.25) is 0 Å². The molecule has 1 unspecified atom stereocenters. The predicted molar refractivity (Wildman–Crippen MR) is 74.7 cm³/mol. The van der Waals surface area contributed by atoms with Gasteiger partial charge in [-0.25, -0.2) is 0 Å². The summed E-state index contributed by atoms with van der Waals surface area (Å²) in [4.78, 5) is 27.6. The van der Waals surface area contributed by atoms with Gasteiger partial charge in [0.25, 0.3) is 0 Å². The van der Waals surface area contributed by atoms with Crippen LogP contribution in [0.15, 0.2) is 50.8 Å². The average Bonchev–Trinajstić information content (AvgIpc) is 2.93. The van der Waals surface area contributed by atoms with E-state index in [-0.39, 0.29) is 4.83 Å². The van der Waals surface area contributed by atoms with E-state index < -0.39 is 11.1 Å². The van der Waals surface area contributed by atoms with Crippen molar-refractivity contribution in [2.75, 3.05) is 0 Å². The molecule has 0 saturated heterocycles. The van der Waals surface area contributed by atoms with Gasteiger partial charge in [0.05, 0.1) is 28.4 Å². The molecular weight excluding hydrogens is 312 g/mol. The molecule has 0 amide bonds. The third-order valence-corrected chi connectivity index (χ3v) is 3.93. The van der Waals surface area contributed by atoms with E-state index in [9.17, 15) is 9.59 Å². The number of aromatic nitrogens is 2. The molecule has 0 aliphatic carbocycles. The van der Waals surface area contributed by atoms with Crippen LogP contribution in [0.1, 0.15) is 16.0 Å². The number of alkyl halides is 1.